The van der Waals surface area contributed by atoms with Crippen LogP contribution in [0.4, 0.5) is 18.9 Å². The van der Waals surface area contributed by atoms with Crippen molar-refractivity contribution in [2.75, 3.05) is 32.1 Å². The first-order chi connectivity index (χ1) is 12.9. The van der Waals surface area contributed by atoms with E-state index >= 15 is 0 Å². The monoisotopic (exact) mass is 382 g/mol. The lowest BCUT2D eigenvalue weighted by Gasteiger charge is -2.11. The zero-order valence-electron chi connectivity index (χ0n) is 14.8. The first-order valence-electron chi connectivity index (χ1n) is 8.33. The number of methoxy groups -OCH3 is 1. The largest absolute Gasteiger partial charge is 0.497 e. The number of hydrogen-bond donors (Lipinski definition) is 2. The molecule has 27 heavy (non-hydrogen) atoms. The smallest absolute Gasteiger partial charge is 0.416 e. The standard InChI is InChI=1S/C19H21F3N2O3/c1-26-16-5-7-17(8-6-16)27-12-11-24-18(25)9-10-23-15-4-2-3-14(13-15)19(20,21)22/h2-8,13,23H,9-12H2,1H3,(H,24,25). The second-order valence-corrected chi connectivity index (χ2v) is 5.63. The summed E-state index contributed by atoms with van der Waals surface area (Å²) in [6, 6.07) is 11.9. The summed E-state index contributed by atoms with van der Waals surface area (Å²) < 4.78 is 48.5. The van der Waals surface area contributed by atoms with E-state index in [0.29, 0.717) is 24.6 Å². The van der Waals surface area contributed by atoms with Crippen LogP contribution < -0.4 is 20.1 Å². The maximum Gasteiger partial charge on any atom is 0.416 e. The zero-order valence-corrected chi connectivity index (χ0v) is 14.8. The molecular formula is C19H21F3N2O3. The molecule has 0 aromatic heterocycles. The van der Waals surface area contributed by atoms with Crippen LogP contribution in [0.1, 0.15) is 12.0 Å². The van der Waals surface area contributed by atoms with Crippen molar-refractivity contribution in [1.29, 1.82) is 0 Å². The van der Waals surface area contributed by atoms with Gasteiger partial charge in [-0.05, 0) is 42.5 Å². The Kier molecular flexibility index (Phi) is 7.34. The zero-order chi connectivity index (χ0) is 19.7. The van der Waals surface area contributed by atoms with Crippen LogP contribution in [-0.2, 0) is 11.0 Å². The molecule has 2 aromatic carbocycles. The molecule has 146 valence electrons. The van der Waals surface area contributed by atoms with E-state index < -0.39 is 11.7 Å². The van der Waals surface area contributed by atoms with Gasteiger partial charge in [0.2, 0.25) is 5.91 Å². The van der Waals surface area contributed by atoms with Gasteiger partial charge in [0.25, 0.3) is 0 Å². The average molecular weight is 382 g/mol. The first-order valence-corrected chi connectivity index (χ1v) is 8.33. The minimum Gasteiger partial charge on any atom is -0.497 e. The SMILES string of the molecule is COc1ccc(OCCNC(=O)CCNc2cccc(C(F)(F)F)c2)cc1. The van der Waals surface area contributed by atoms with Crippen LogP contribution in [0.5, 0.6) is 11.5 Å². The molecular weight excluding hydrogens is 361 g/mol. The Balaban J connectivity index is 1.63. The summed E-state index contributed by atoms with van der Waals surface area (Å²) in [5, 5.41) is 5.50. The van der Waals surface area contributed by atoms with Crippen molar-refractivity contribution in [3.8, 4) is 11.5 Å². The molecule has 8 heteroatoms. The molecule has 0 fully saturated rings. The Morgan fingerprint density at radius 1 is 1.04 bits per heavy atom. The number of carbonyl (C=O) groups is 1. The van der Waals surface area contributed by atoms with Gasteiger partial charge in [0.15, 0.2) is 0 Å². The number of anilines is 1. The summed E-state index contributed by atoms with van der Waals surface area (Å²) in [7, 11) is 1.58. The Labute approximate surface area is 155 Å². The normalized spacial score (nSPS) is 11.0. The highest BCUT2D eigenvalue weighted by Gasteiger charge is 2.30. The van der Waals surface area contributed by atoms with Crippen molar-refractivity contribution in [2.24, 2.45) is 0 Å². The molecule has 2 N–H and O–H groups in total. The predicted octanol–water partition coefficient (Wildman–Crippen LogP) is 3.71. The lowest BCUT2D eigenvalue weighted by molar-refractivity contribution is -0.137. The third-order valence-corrected chi connectivity index (χ3v) is 3.62. The summed E-state index contributed by atoms with van der Waals surface area (Å²) in [6.45, 7) is 0.861. The molecule has 5 nitrogen and oxygen atoms in total. The van der Waals surface area contributed by atoms with E-state index in [0.717, 1.165) is 17.9 Å². The molecule has 0 unspecified atom stereocenters. The van der Waals surface area contributed by atoms with Gasteiger partial charge in [0.05, 0.1) is 19.2 Å². The number of hydrogen-bond acceptors (Lipinski definition) is 4. The molecule has 0 atom stereocenters. The number of rotatable bonds is 9. The predicted molar refractivity (Wildman–Crippen MR) is 96.0 cm³/mol. The van der Waals surface area contributed by atoms with E-state index in [-0.39, 0.29) is 18.9 Å². The number of benzene rings is 2. The highest BCUT2D eigenvalue weighted by atomic mass is 19.4. The number of alkyl halides is 3. The third-order valence-electron chi connectivity index (χ3n) is 3.62. The quantitative estimate of drug-likeness (QED) is 0.649. The Morgan fingerprint density at radius 2 is 1.74 bits per heavy atom. The fraction of sp³-hybridized carbons (Fsp3) is 0.316. The van der Waals surface area contributed by atoms with E-state index in [2.05, 4.69) is 10.6 Å². The summed E-state index contributed by atoms with van der Waals surface area (Å²) >= 11 is 0. The lowest BCUT2D eigenvalue weighted by atomic mass is 10.2. The minimum absolute atomic E-state index is 0.138. The van der Waals surface area contributed by atoms with Crippen molar-refractivity contribution in [2.45, 2.75) is 12.6 Å². The fourth-order valence-electron chi connectivity index (χ4n) is 2.25. The van der Waals surface area contributed by atoms with Gasteiger partial charge >= 0.3 is 6.18 Å². The van der Waals surface area contributed by atoms with Crippen molar-refractivity contribution < 1.29 is 27.4 Å². The molecule has 0 aliphatic carbocycles. The van der Waals surface area contributed by atoms with Crippen molar-refractivity contribution in [1.82, 2.24) is 5.32 Å². The molecule has 0 spiro atoms. The van der Waals surface area contributed by atoms with Gasteiger partial charge in [-0.25, -0.2) is 0 Å². The number of nitrogens with one attached hydrogen (secondary N) is 2. The van der Waals surface area contributed by atoms with Gasteiger partial charge in [0, 0.05) is 18.7 Å². The van der Waals surface area contributed by atoms with Crippen LogP contribution in [-0.4, -0.2) is 32.7 Å². The van der Waals surface area contributed by atoms with Crippen LogP contribution in [0, 0.1) is 0 Å². The van der Waals surface area contributed by atoms with Crippen molar-refractivity contribution >= 4 is 11.6 Å². The maximum atomic E-state index is 12.6. The van der Waals surface area contributed by atoms with Crippen LogP contribution in [0.3, 0.4) is 0 Å². The van der Waals surface area contributed by atoms with E-state index in [1.807, 2.05) is 0 Å². The van der Waals surface area contributed by atoms with Crippen molar-refractivity contribution in [3.05, 3.63) is 54.1 Å². The Bertz CT molecular complexity index is 734. The van der Waals surface area contributed by atoms with Gasteiger partial charge in [-0.2, -0.15) is 13.2 Å². The van der Waals surface area contributed by atoms with E-state index in [9.17, 15) is 18.0 Å². The van der Waals surface area contributed by atoms with Gasteiger partial charge in [-0.3, -0.25) is 4.79 Å². The number of carbonyl (C=O) groups excluding carboxylic acids is 1. The molecule has 0 radical (unpaired) electrons. The lowest BCUT2D eigenvalue weighted by Crippen LogP contribution is -2.29. The highest BCUT2D eigenvalue weighted by molar-refractivity contribution is 5.76. The summed E-state index contributed by atoms with van der Waals surface area (Å²) in [5.41, 5.74) is -0.409. The average Bonchev–Trinajstić information content (AvgIpc) is 2.65. The van der Waals surface area contributed by atoms with E-state index in [4.69, 9.17) is 9.47 Å². The van der Waals surface area contributed by atoms with E-state index in [1.54, 1.807) is 31.4 Å². The third kappa shape index (κ3) is 7.08. The van der Waals surface area contributed by atoms with Crippen LogP contribution in [0.15, 0.2) is 48.5 Å². The van der Waals surface area contributed by atoms with Crippen molar-refractivity contribution in [3.63, 3.8) is 0 Å². The fourth-order valence-corrected chi connectivity index (χ4v) is 2.25. The van der Waals surface area contributed by atoms with Crippen LogP contribution in [0.2, 0.25) is 0 Å². The molecule has 1 amide bonds. The molecule has 0 saturated heterocycles. The molecule has 2 rings (SSSR count). The molecule has 0 aliphatic rings. The van der Waals surface area contributed by atoms with Gasteiger partial charge in [0.1, 0.15) is 18.1 Å². The second-order valence-electron chi connectivity index (χ2n) is 5.63. The molecule has 0 aliphatic heterocycles. The summed E-state index contributed by atoms with van der Waals surface area (Å²) in [6.07, 6.45) is -4.25. The highest BCUT2D eigenvalue weighted by Crippen LogP contribution is 2.30. The minimum atomic E-state index is -4.39. The van der Waals surface area contributed by atoms with Crippen LogP contribution >= 0.6 is 0 Å². The second kappa shape index (κ2) is 9.70. The number of amides is 1. The topological polar surface area (TPSA) is 59.6 Å². The molecule has 0 saturated carbocycles. The summed E-state index contributed by atoms with van der Waals surface area (Å²) in [5.74, 6) is 1.17. The molecule has 0 heterocycles. The van der Waals surface area contributed by atoms with Crippen LogP contribution in [0.25, 0.3) is 0 Å². The Morgan fingerprint density at radius 3 is 2.41 bits per heavy atom. The number of halogens is 3. The molecule has 0 bridgehead atoms. The Hall–Kier alpha value is -2.90. The number of ether oxygens (including phenoxy) is 2. The van der Waals surface area contributed by atoms with Gasteiger partial charge in [-0.1, -0.05) is 6.07 Å². The summed E-state index contributed by atoms with van der Waals surface area (Å²) in [4.78, 5) is 11.8. The van der Waals surface area contributed by atoms with Gasteiger partial charge in [-0.15, -0.1) is 0 Å². The van der Waals surface area contributed by atoms with Gasteiger partial charge < -0.3 is 20.1 Å². The molecule has 2 aromatic rings. The first kappa shape index (κ1) is 20.4. The maximum absolute atomic E-state index is 12.6. The van der Waals surface area contributed by atoms with E-state index in [1.165, 1.54) is 12.1 Å².